The molecule has 7 heteroatoms. The summed E-state index contributed by atoms with van der Waals surface area (Å²) >= 11 is 0. The molecule has 2 heterocycles. The predicted molar refractivity (Wildman–Crippen MR) is 117 cm³/mol. The zero-order valence-electron chi connectivity index (χ0n) is 18.2. The van der Waals surface area contributed by atoms with Crippen molar-refractivity contribution in [2.45, 2.75) is 53.2 Å². The van der Waals surface area contributed by atoms with E-state index in [1.54, 1.807) is 31.2 Å². The molecule has 0 fully saturated rings. The Morgan fingerprint density at radius 1 is 1.23 bits per heavy atom. The van der Waals surface area contributed by atoms with Crippen LogP contribution in [0, 0.1) is 18.7 Å². The molecule has 0 radical (unpaired) electrons. The first-order valence-corrected chi connectivity index (χ1v) is 10.5. The van der Waals surface area contributed by atoms with E-state index >= 15 is 0 Å². The largest absolute Gasteiger partial charge is 0.478 e. The Morgan fingerprint density at radius 3 is 2.65 bits per heavy atom. The molecule has 2 N–H and O–H groups in total. The summed E-state index contributed by atoms with van der Waals surface area (Å²) in [4.78, 5) is 20.3. The number of aromatic carboxylic acids is 1. The highest BCUT2D eigenvalue weighted by Crippen LogP contribution is 2.17. The summed E-state index contributed by atoms with van der Waals surface area (Å²) in [5.41, 5.74) is 3.74. The smallest absolute Gasteiger partial charge is 0.335 e. The van der Waals surface area contributed by atoms with Crippen molar-refractivity contribution >= 4 is 5.97 Å². The lowest BCUT2D eigenvalue weighted by Gasteiger charge is -2.15. The van der Waals surface area contributed by atoms with Crippen LogP contribution in [0.3, 0.4) is 0 Å². The molecule has 3 aromatic rings. The van der Waals surface area contributed by atoms with E-state index < -0.39 is 5.97 Å². The van der Waals surface area contributed by atoms with Crippen molar-refractivity contribution < 1.29 is 14.3 Å². The van der Waals surface area contributed by atoms with Gasteiger partial charge >= 0.3 is 5.97 Å². The molecule has 0 spiro atoms. The Labute approximate surface area is 182 Å². The highest BCUT2D eigenvalue weighted by molar-refractivity contribution is 5.87. The van der Waals surface area contributed by atoms with Gasteiger partial charge in [-0.1, -0.05) is 32.4 Å². The van der Waals surface area contributed by atoms with Crippen molar-refractivity contribution in [3.63, 3.8) is 0 Å². The summed E-state index contributed by atoms with van der Waals surface area (Å²) in [5, 5.41) is 12.6. The fourth-order valence-corrected chi connectivity index (χ4v) is 3.48. The number of carboxylic acids is 1. The van der Waals surface area contributed by atoms with E-state index in [4.69, 9.17) is 0 Å². The number of imidazole rings is 1. The lowest BCUT2D eigenvalue weighted by atomic mass is 10.0. The van der Waals surface area contributed by atoms with Gasteiger partial charge in [0.1, 0.15) is 11.6 Å². The third-order valence-corrected chi connectivity index (χ3v) is 5.37. The molecule has 0 aliphatic rings. The Morgan fingerprint density at radius 2 is 1.97 bits per heavy atom. The summed E-state index contributed by atoms with van der Waals surface area (Å²) in [6, 6.07) is 9.68. The maximum atomic E-state index is 13.3. The van der Waals surface area contributed by atoms with Crippen LogP contribution >= 0.6 is 0 Å². The molecule has 0 saturated carbocycles. The second-order valence-electron chi connectivity index (χ2n) is 7.99. The number of nitrogens with one attached hydrogen (secondary N) is 1. The Bertz CT molecular complexity index is 1030. The van der Waals surface area contributed by atoms with Crippen molar-refractivity contribution in [2.24, 2.45) is 5.92 Å². The number of rotatable bonds is 10. The van der Waals surface area contributed by atoms with Gasteiger partial charge in [0.2, 0.25) is 0 Å². The van der Waals surface area contributed by atoms with Crippen LogP contribution in [0.5, 0.6) is 0 Å². The highest BCUT2D eigenvalue weighted by atomic mass is 19.1. The molecular weight excluding hydrogens is 395 g/mol. The molecule has 0 amide bonds. The van der Waals surface area contributed by atoms with Crippen LogP contribution in [0.2, 0.25) is 0 Å². The number of carboxylic acid groups (broad SMARTS) is 1. The van der Waals surface area contributed by atoms with Crippen LogP contribution in [0.4, 0.5) is 4.39 Å². The van der Waals surface area contributed by atoms with Gasteiger partial charge in [0.15, 0.2) is 0 Å². The summed E-state index contributed by atoms with van der Waals surface area (Å²) in [6.07, 6.45) is 3.92. The van der Waals surface area contributed by atoms with Crippen LogP contribution in [0.25, 0.3) is 0 Å². The Balaban J connectivity index is 1.75. The normalized spacial score (nSPS) is 12.1. The van der Waals surface area contributed by atoms with Gasteiger partial charge in [0.05, 0.1) is 17.8 Å². The van der Waals surface area contributed by atoms with Crippen LogP contribution in [-0.4, -0.2) is 25.6 Å². The van der Waals surface area contributed by atoms with Gasteiger partial charge < -0.3 is 15.0 Å². The van der Waals surface area contributed by atoms with Gasteiger partial charge in [0.25, 0.3) is 0 Å². The molecule has 0 saturated heterocycles. The molecule has 0 aliphatic heterocycles. The second kappa shape index (κ2) is 10.3. The molecule has 1 aromatic carbocycles. The van der Waals surface area contributed by atoms with Crippen LogP contribution in [0.15, 0.2) is 42.6 Å². The zero-order valence-corrected chi connectivity index (χ0v) is 18.2. The summed E-state index contributed by atoms with van der Waals surface area (Å²) in [7, 11) is 0. The number of aryl methyl sites for hydroxylation is 1. The average Bonchev–Trinajstić information content (AvgIpc) is 3.10. The van der Waals surface area contributed by atoms with Crippen molar-refractivity contribution in [1.82, 2.24) is 19.9 Å². The minimum absolute atomic E-state index is 0.234. The molecule has 1 unspecified atom stereocenters. The number of halogens is 1. The van der Waals surface area contributed by atoms with Gasteiger partial charge in [0, 0.05) is 30.7 Å². The maximum absolute atomic E-state index is 13.3. The number of carbonyl (C=O) groups is 1. The van der Waals surface area contributed by atoms with Gasteiger partial charge in [-0.05, 0) is 49.1 Å². The third-order valence-electron chi connectivity index (χ3n) is 5.37. The highest BCUT2D eigenvalue weighted by Gasteiger charge is 2.13. The minimum Gasteiger partial charge on any atom is -0.478 e. The van der Waals surface area contributed by atoms with Crippen LogP contribution in [0.1, 0.15) is 59.1 Å². The third kappa shape index (κ3) is 6.21. The fraction of sp³-hybridized carbons (Fsp3) is 0.375. The first-order valence-electron chi connectivity index (χ1n) is 10.5. The van der Waals surface area contributed by atoms with E-state index in [-0.39, 0.29) is 11.4 Å². The van der Waals surface area contributed by atoms with Gasteiger partial charge in [-0.15, -0.1) is 0 Å². The van der Waals surface area contributed by atoms with E-state index in [1.165, 1.54) is 12.1 Å². The lowest BCUT2D eigenvalue weighted by Crippen LogP contribution is -2.19. The fourth-order valence-electron chi connectivity index (χ4n) is 3.48. The maximum Gasteiger partial charge on any atom is 0.335 e. The molecule has 6 nitrogen and oxygen atoms in total. The van der Waals surface area contributed by atoms with E-state index in [9.17, 15) is 14.3 Å². The SMILES string of the molecule is CCC(C)Cc1cnc(CNCc2cc(C(=O)O)cc(C)n2)n1Cc1ccc(F)cc1. The van der Waals surface area contributed by atoms with Gasteiger partial charge in [-0.3, -0.25) is 4.98 Å². The van der Waals surface area contributed by atoms with Crippen LogP contribution < -0.4 is 5.32 Å². The molecular formula is C24H29FN4O2. The monoisotopic (exact) mass is 424 g/mol. The second-order valence-corrected chi connectivity index (χ2v) is 7.99. The summed E-state index contributed by atoms with van der Waals surface area (Å²) < 4.78 is 15.5. The number of pyridine rings is 1. The Kier molecular flexibility index (Phi) is 7.52. The zero-order chi connectivity index (χ0) is 22.4. The van der Waals surface area contributed by atoms with Crippen molar-refractivity contribution in [3.8, 4) is 0 Å². The minimum atomic E-state index is -0.962. The topological polar surface area (TPSA) is 80.0 Å². The first-order chi connectivity index (χ1) is 14.9. The number of aromatic nitrogens is 3. The van der Waals surface area contributed by atoms with Gasteiger partial charge in [-0.25, -0.2) is 14.2 Å². The number of benzene rings is 1. The lowest BCUT2D eigenvalue weighted by molar-refractivity contribution is 0.0696. The number of hydrogen-bond acceptors (Lipinski definition) is 4. The van der Waals surface area contributed by atoms with E-state index in [0.717, 1.165) is 29.9 Å². The Hall–Kier alpha value is -3.06. The predicted octanol–water partition coefficient (Wildman–Crippen LogP) is 4.35. The molecule has 2 aromatic heterocycles. The first kappa shape index (κ1) is 22.6. The molecule has 0 bridgehead atoms. The van der Waals surface area contributed by atoms with Crippen molar-refractivity contribution in [3.05, 3.63) is 82.4 Å². The molecule has 1 atom stereocenters. The molecule has 164 valence electrons. The van der Waals surface area contributed by atoms with E-state index in [1.807, 2.05) is 6.20 Å². The molecule has 3 rings (SSSR count). The average molecular weight is 425 g/mol. The summed E-state index contributed by atoms with van der Waals surface area (Å²) in [5.74, 6) is 0.211. The van der Waals surface area contributed by atoms with Gasteiger partial charge in [-0.2, -0.15) is 0 Å². The van der Waals surface area contributed by atoms with Crippen LogP contribution in [-0.2, 0) is 26.1 Å². The number of hydrogen-bond donors (Lipinski definition) is 2. The quantitative estimate of drug-likeness (QED) is 0.506. The van der Waals surface area contributed by atoms with E-state index in [2.05, 4.69) is 33.7 Å². The number of nitrogens with zero attached hydrogens (tertiary/aromatic N) is 3. The summed E-state index contributed by atoms with van der Waals surface area (Å²) in [6.45, 7) is 7.75. The standard InChI is InChI=1S/C24H29FN4O2/c1-4-16(2)9-22-13-27-23(29(22)15-18-5-7-20(25)8-6-18)14-26-12-21-11-19(24(30)31)10-17(3)28-21/h5-8,10-11,13,16,26H,4,9,12,14-15H2,1-3H3,(H,30,31). The van der Waals surface area contributed by atoms with Crippen molar-refractivity contribution in [1.29, 1.82) is 0 Å². The molecule has 31 heavy (non-hydrogen) atoms. The van der Waals surface area contributed by atoms with E-state index in [0.29, 0.717) is 36.9 Å². The van der Waals surface area contributed by atoms with Crippen molar-refractivity contribution in [2.75, 3.05) is 0 Å². The molecule has 0 aliphatic carbocycles.